The zero-order chi connectivity index (χ0) is 15.2. The van der Waals surface area contributed by atoms with Gasteiger partial charge in [0.2, 0.25) is 0 Å². The molecule has 2 atom stereocenters. The number of furan rings is 1. The van der Waals surface area contributed by atoms with Crippen molar-refractivity contribution >= 4 is 0 Å². The van der Waals surface area contributed by atoms with Crippen molar-refractivity contribution in [1.82, 2.24) is 5.32 Å². The lowest BCUT2D eigenvalue weighted by Gasteiger charge is -2.26. The van der Waals surface area contributed by atoms with Crippen molar-refractivity contribution in [2.75, 3.05) is 0 Å². The summed E-state index contributed by atoms with van der Waals surface area (Å²) in [6.07, 6.45) is 1.69. The summed E-state index contributed by atoms with van der Waals surface area (Å²) in [7, 11) is 0. The van der Waals surface area contributed by atoms with E-state index in [1.54, 1.807) is 6.26 Å². The van der Waals surface area contributed by atoms with Gasteiger partial charge in [-0.25, -0.2) is 0 Å². The second-order valence-corrected chi connectivity index (χ2v) is 5.29. The lowest BCUT2D eigenvalue weighted by molar-refractivity contribution is 0.411. The van der Waals surface area contributed by atoms with Crippen LogP contribution in [-0.2, 0) is 6.54 Å². The first kappa shape index (κ1) is 14.6. The van der Waals surface area contributed by atoms with E-state index >= 15 is 0 Å². The lowest BCUT2D eigenvalue weighted by Crippen LogP contribution is -2.31. The summed E-state index contributed by atoms with van der Waals surface area (Å²) >= 11 is 0. The Morgan fingerprint density at radius 1 is 0.818 bits per heavy atom. The predicted molar refractivity (Wildman–Crippen MR) is 88.1 cm³/mol. The normalized spacial score (nSPS) is 13.7. The molecular formula is C19H20N2O. The van der Waals surface area contributed by atoms with E-state index in [0.29, 0.717) is 6.54 Å². The first-order valence-corrected chi connectivity index (χ1v) is 7.46. The second kappa shape index (κ2) is 7.07. The number of nitrogens with one attached hydrogen (secondary N) is 1. The summed E-state index contributed by atoms with van der Waals surface area (Å²) < 4.78 is 5.40. The predicted octanol–water partition coefficient (Wildman–Crippen LogP) is 3.81. The Hall–Kier alpha value is -2.36. The molecule has 0 radical (unpaired) electrons. The van der Waals surface area contributed by atoms with Gasteiger partial charge in [0, 0.05) is 6.04 Å². The van der Waals surface area contributed by atoms with Crippen LogP contribution in [0.2, 0.25) is 0 Å². The van der Waals surface area contributed by atoms with Crippen molar-refractivity contribution < 1.29 is 4.42 Å². The molecule has 112 valence electrons. The van der Waals surface area contributed by atoms with Crippen LogP contribution in [-0.4, -0.2) is 0 Å². The molecule has 0 aliphatic carbocycles. The third-order valence-corrected chi connectivity index (χ3v) is 3.78. The van der Waals surface area contributed by atoms with Gasteiger partial charge in [0.05, 0.1) is 18.8 Å². The lowest BCUT2D eigenvalue weighted by atomic mass is 9.94. The van der Waals surface area contributed by atoms with Crippen LogP contribution in [0.1, 0.15) is 29.0 Å². The van der Waals surface area contributed by atoms with Crippen molar-refractivity contribution in [3.8, 4) is 0 Å². The molecule has 2 aromatic carbocycles. The highest BCUT2D eigenvalue weighted by Crippen LogP contribution is 2.27. The molecule has 0 fully saturated rings. The fourth-order valence-corrected chi connectivity index (χ4v) is 2.60. The van der Waals surface area contributed by atoms with Crippen molar-refractivity contribution in [3.63, 3.8) is 0 Å². The van der Waals surface area contributed by atoms with Crippen LogP contribution in [0.4, 0.5) is 0 Å². The molecule has 0 unspecified atom stereocenters. The highest BCUT2D eigenvalue weighted by atomic mass is 16.3. The van der Waals surface area contributed by atoms with Crippen LogP contribution in [0.3, 0.4) is 0 Å². The molecule has 0 saturated carbocycles. The summed E-state index contributed by atoms with van der Waals surface area (Å²) in [6.45, 7) is 0.646. The summed E-state index contributed by atoms with van der Waals surface area (Å²) in [5, 5.41) is 3.52. The van der Waals surface area contributed by atoms with Gasteiger partial charge in [0.25, 0.3) is 0 Å². The highest BCUT2D eigenvalue weighted by Gasteiger charge is 2.21. The maximum absolute atomic E-state index is 6.52. The van der Waals surface area contributed by atoms with Crippen LogP contribution in [0.15, 0.2) is 83.5 Å². The molecule has 1 heterocycles. The Bertz CT molecular complexity index is 665. The third-order valence-electron chi connectivity index (χ3n) is 3.78. The molecule has 0 spiro atoms. The molecule has 22 heavy (non-hydrogen) atoms. The maximum atomic E-state index is 6.52. The molecule has 0 bridgehead atoms. The quantitative estimate of drug-likeness (QED) is 0.726. The second-order valence-electron chi connectivity index (χ2n) is 5.29. The van der Waals surface area contributed by atoms with Gasteiger partial charge in [-0.15, -0.1) is 0 Å². The van der Waals surface area contributed by atoms with Gasteiger partial charge in [0.1, 0.15) is 5.76 Å². The Morgan fingerprint density at radius 2 is 1.45 bits per heavy atom. The Morgan fingerprint density at radius 3 is 2.05 bits per heavy atom. The van der Waals surface area contributed by atoms with E-state index in [-0.39, 0.29) is 12.1 Å². The van der Waals surface area contributed by atoms with E-state index in [0.717, 1.165) is 11.3 Å². The van der Waals surface area contributed by atoms with Crippen molar-refractivity contribution in [1.29, 1.82) is 0 Å². The SMILES string of the molecule is N[C@H](c1ccccc1)[C@H](NCc1ccco1)c1ccccc1. The summed E-state index contributed by atoms with van der Waals surface area (Å²) in [5.41, 5.74) is 8.80. The van der Waals surface area contributed by atoms with Crippen LogP contribution in [0.25, 0.3) is 0 Å². The number of benzene rings is 2. The number of hydrogen-bond acceptors (Lipinski definition) is 3. The molecule has 0 aliphatic rings. The van der Waals surface area contributed by atoms with Crippen molar-refractivity contribution in [2.45, 2.75) is 18.6 Å². The molecule has 3 aromatic rings. The van der Waals surface area contributed by atoms with Crippen LogP contribution in [0, 0.1) is 0 Å². The Balaban J connectivity index is 1.82. The van der Waals surface area contributed by atoms with Gasteiger partial charge in [0.15, 0.2) is 0 Å². The Kier molecular flexibility index (Phi) is 4.68. The zero-order valence-corrected chi connectivity index (χ0v) is 12.4. The third kappa shape index (κ3) is 3.45. The summed E-state index contributed by atoms with van der Waals surface area (Å²) in [5.74, 6) is 0.904. The molecule has 0 aliphatic heterocycles. The first-order valence-electron chi connectivity index (χ1n) is 7.46. The van der Waals surface area contributed by atoms with E-state index in [2.05, 4.69) is 29.6 Å². The van der Waals surface area contributed by atoms with Crippen molar-refractivity contribution in [3.05, 3.63) is 95.9 Å². The summed E-state index contributed by atoms with van der Waals surface area (Å²) in [4.78, 5) is 0. The van der Waals surface area contributed by atoms with E-state index in [1.807, 2.05) is 48.5 Å². The van der Waals surface area contributed by atoms with E-state index in [1.165, 1.54) is 5.56 Å². The monoisotopic (exact) mass is 292 g/mol. The number of rotatable bonds is 6. The summed E-state index contributed by atoms with van der Waals surface area (Å²) in [6, 6.07) is 24.2. The van der Waals surface area contributed by atoms with Gasteiger partial charge < -0.3 is 15.5 Å². The highest BCUT2D eigenvalue weighted by molar-refractivity contribution is 5.27. The standard InChI is InChI=1S/C19H20N2O/c20-18(15-8-3-1-4-9-15)19(16-10-5-2-6-11-16)21-14-17-12-7-13-22-17/h1-13,18-19,21H,14,20H2/t18-,19-/m1/s1. The molecule has 3 nitrogen and oxygen atoms in total. The van der Waals surface area contributed by atoms with Crippen LogP contribution in [0.5, 0.6) is 0 Å². The average Bonchev–Trinajstić information content (AvgIpc) is 3.10. The van der Waals surface area contributed by atoms with Crippen LogP contribution < -0.4 is 11.1 Å². The first-order chi connectivity index (χ1) is 10.8. The van der Waals surface area contributed by atoms with E-state index in [4.69, 9.17) is 10.2 Å². The van der Waals surface area contributed by atoms with Gasteiger partial charge in [-0.3, -0.25) is 0 Å². The molecular weight excluding hydrogens is 272 g/mol. The molecule has 0 saturated heterocycles. The van der Waals surface area contributed by atoms with Gasteiger partial charge in [-0.2, -0.15) is 0 Å². The largest absolute Gasteiger partial charge is 0.468 e. The number of hydrogen-bond donors (Lipinski definition) is 2. The van der Waals surface area contributed by atoms with Gasteiger partial charge in [-0.05, 0) is 23.3 Å². The van der Waals surface area contributed by atoms with Crippen molar-refractivity contribution in [2.24, 2.45) is 5.73 Å². The smallest absolute Gasteiger partial charge is 0.117 e. The zero-order valence-electron chi connectivity index (χ0n) is 12.4. The van der Waals surface area contributed by atoms with E-state index < -0.39 is 0 Å². The van der Waals surface area contributed by atoms with Crippen LogP contribution >= 0.6 is 0 Å². The van der Waals surface area contributed by atoms with E-state index in [9.17, 15) is 0 Å². The molecule has 3 rings (SSSR count). The minimum absolute atomic E-state index is 0.0219. The fraction of sp³-hybridized carbons (Fsp3) is 0.158. The Labute approximate surface area is 130 Å². The average molecular weight is 292 g/mol. The molecule has 1 aromatic heterocycles. The topological polar surface area (TPSA) is 51.2 Å². The fourth-order valence-electron chi connectivity index (χ4n) is 2.60. The minimum Gasteiger partial charge on any atom is -0.468 e. The maximum Gasteiger partial charge on any atom is 0.117 e. The number of nitrogens with two attached hydrogens (primary N) is 1. The van der Waals surface area contributed by atoms with Gasteiger partial charge in [-0.1, -0.05) is 60.7 Å². The molecule has 3 N–H and O–H groups in total. The molecule has 0 amide bonds. The molecule has 3 heteroatoms. The minimum atomic E-state index is -0.126. The van der Waals surface area contributed by atoms with Gasteiger partial charge >= 0.3 is 0 Å².